The number of nitrogens with zero attached hydrogens (tertiary/aromatic N) is 4. The van der Waals surface area contributed by atoms with E-state index in [4.69, 9.17) is 4.52 Å². The second-order valence-electron chi connectivity index (χ2n) is 3.14. The minimum atomic E-state index is 0.495. The molecule has 0 amide bonds. The average Bonchev–Trinajstić information content (AvgIpc) is 2.73. The number of rotatable bonds is 3. The van der Waals surface area contributed by atoms with Crippen LogP contribution in [0.2, 0.25) is 0 Å². The summed E-state index contributed by atoms with van der Waals surface area (Å²) in [6.45, 7) is 4.27. The van der Waals surface area contributed by atoms with Crippen molar-refractivity contribution in [2.75, 3.05) is 5.32 Å². The van der Waals surface area contributed by atoms with E-state index in [1.54, 1.807) is 12.3 Å². The third kappa shape index (κ3) is 2.28. The Morgan fingerprint density at radius 2 is 2.13 bits per heavy atom. The van der Waals surface area contributed by atoms with E-state index in [0.717, 1.165) is 17.1 Å². The maximum Gasteiger partial charge on any atom is 0.243 e. The second-order valence-corrected chi connectivity index (χ2v) is 3.14. The molecule has 0 saturated carbocycles. The van der Waals surface area contributed by atoms with Gasteiger partial charge in [0.1, 0.15) is 0 Å². The highest BCUT2D eigenvalue weighted by molar-refractivity contribution is 5.25. The van der Waals surface area contributed by atoms with Gasteiger partial charge in [0.2, 0.25) is 5.95 Å². The molecule has 0 unspecified atom stereocenters. The van der Waals surface area contributed by atoms with Gasteiger partial charge in [0.05, 0.1) is 24.1 Å². The summed E-state index contributed by atoms with van der Waals surface area (Å²) in [6, 6.07) is 1.78. The standard InChI is InChI=1S/C9H11N5O/c1-6-7(2)13-14-9(12-6)10-5-8-3-4-11-15-8/h3-4H,5H2,1-2H3,(H,10,12,14). The number of anilines is 1. The first-order valence-electron chi connectivity index (χ1n) is 4.57. The summed E-state index contributed by atoms with van der Waals surface area (Å²) in [4.78, 5) is 4.23. The normalized spacial score (nSPS) is 10.3. The average molecular weight is 205 g/mol. The summed E-state index contributed by atoms with van der Waals surface area (Å²) < 4.78 is 4.92. The van der Waals surface area contributed by atoms with Crippen molar-refractivity contribution >= 4 is 5.95 Å². The molecule has 0 saturated heterocycles. The molecule has 6 heteroatoms. The highest BCUT2D eigenvalue weighted by Gasteiger charge is 2.02. The van der Waals surface area contributed by atoms with Crippen LogP contribution < -0.4 is 5.32 Å². The van der Waals surface area contributed by atoms with Crippen molar-refractivity contribution in [2.45, 2.75) is 20.4 Å². The number of hydrogen-bond acceptors (Lipinski definition) is 6. The Labute approximate surface area is 86.7 Å². The first-order chi connectivity index (χ1) is 7.25. The fraction of sp³-hybridized carbons (Fsp3) is 0.333. The van der Waals surface area contributed by atoms with Gasteiger partial charge in [0, 0.05) is 6.07 Å². The summed E-state index contributed by atoms with van der Waals surface area (Å²) >= 11 is 0. The zero-order valence-corrected chi connectivity index (χ0v) is 8.56. The molecule has 0 aliphatic heterocycles. The summed E-state index contributed by atoms with van der Waals surface area (Å²) in [5.74, 6) is 1.23. The molecule has 6 nitrogen and oxygen atoms in total. The van der Waals surface area contributed by atoms with Crippen LogP contribution in [-0.4, -0.2) is 20.3 Å². The van der Waals surface area contributed by atoms with Gasteiger partial charge in [0.15, 0.2) is 5.76 Å². The van der Waals surface area contributed by atoms with E-state index in [0.29, 0.717) is 12.5 Å². The lowest BCUT2D eigenvalue weighted by Gasteiger charge is -2.02. The van der Waals surface area contributed by atoms with Crippen LogP contribution in [0.25, 0.3) is 0 Å². The topological polar surface area (TPSA) is 76.7 Å². The SMILES string of the molecule is Cc1nnc(NCc2ccno2)nc1C. The van der Waals surface area contributed by atoms with Crippen molar-refractivity contribution in [2.24, 2.45) is 0 Å². The summed E-state index contributed by atoms with van der Waals surface area (Å²) in [6.07, 6.45) is 1.59. The van der Waals surface area contributed by atoms with E-state index in [1.165, 1.54) is 0 Å². The largest absolute Gasteiger partial charge is 0.360 e. The van der Waals surface area contributed by atoms with Gasteiger partial charge in [-0.05, 0) is 13.8 Å². The molecule has 0 spiro atoms. The van der Waals surface area contributed by atoms with Crippen molar-refractivity contribution < 1.29 is 4.52 Å². The Morgan fingerprint density at radius 3 is 2.80 bits per heavy atom. The summed E-state index contributed by atoms with van der Waals surface area (Å²) in [5, 5.41) is 14.5. The zero-order valence-electron chi connectivity index (χ0n) is 8.56. The van der Waals surface area contributed by atoms with Crippen LogP contribution in [0.5, 0.6) is 0 Å². The molecule has 0 fully saturated rings. The molecule has 2 heterocycles. The Hall–Kier alpha value is -1.98. The van der Waals surface area contributed by atoms with Crippen molar-refractivity contribution in [1.82, 2.24) is 20.3 Å². The van der Waals surface area contributed by atoms with E-state index in [-0.39, 0.29) is 0 Å². The molecule has 0 aliphatic carbocycles. The van der Waals surface area contributed by atoms with E-state index < -0.39 is 0 Å². The van der Waals surface area contributed by atoms with Crippen molar-refractivity contribution in [3.05, 3.63) is 29.4 Å². The Morgan fingerprint density at radius 1 is 1.27 bits per heavy atom. The molecule has 2 aromatic heterocycles. The van der Waals surface area contributed by atoms with Crippen molar-refractivity contribution in [3.8, 4) is 0 Å². The molecule has 0 bridgehead atoms. The molecule has 0 aromatic carbocycles. The lowest BCUT2D eigenvalue weighted by molar-refractivity contribution is 0.387. The van der Waals surface area contributed by atoms with Crippen LogP contribution in [0, 0.1) is 13.8 Å². The number of aryl methyl sites for hydroxylation is 2. The molecule has 78 valence electrons. The number of aromatic nitrogens is 4. The Bertz CT molecular complexity index is 440. The van der Waals surface area contributed by atoms with Crippen LogP contribution in [0.1, 0.15) is 17.1 Å². The number of hydrogen-bond donors (Lipinski definition) is 1. The van der Waals surface area contributed by atoms with Crippen LogP contribution >= 0.6 is 0 Å². The maximum absolute atomic E-state index is 4.92. The quantitative estimate of drug-likeness (QED) is 0.808. The monoisotopic (exact) mass is 205 g/mol. The van der Waals surface area contributed by atoms with Crippen LogP contribution in [0.4, 0.5) is 5.95 Å². The van der Waals surface area contributed by atoms with Gasteiger partial charge in [-0.1, -0.05) is 5.16 Å². The molecular weight excluding hydrogens is 194 g/mol. The highest BCUT2D eigenvalue weighted by atomic mass is 16.5. The lowest BCUT2D eigenvalue weighted by atomic mass is 10.4. The fourth-order valence-electron chi connectivity index (χ4n) is 1.03. The predicted octanol–water partition coefficient (Wildman–Crippen LogP) is 1.09. The minimum Gasteiger partial charge on any atom is -0.360 e. The first-order valence-corrected chi connectivity index (χ1v) is 4.57. The van der Waals surface area contributed by atoms with E-state index in [9.17, 15) is 0 Å². The summed E-state index contributed by atoms with van der Waals surface area (Å²) in [7, 11) is 0. The lowest BCUT2D eigenvalue weighted by Crippen LogP contribution is -2.06. The maximum atomic E-state index is 4.92. The first kappa shape index (κ1) is 9.57. The van der Waals surface area contributed by atoms with Gasteiger partial charge in [-0.3, -0.25) is 0 Å². The van der Waals surface area contributed by atoms with Gasteiger partial charge in [-0.2, -0.15) is 5.10 Å². The molecule has 2 rings (SSSR count). The smallest absolute Gasteiger partial charge is 0.243 e. The van der Waals surface area contributed by atoms with Crippen LogP contribution in [-0.2, 0) is 6.54 Å². The Kier molecular flexibility index (Phi) is 2.57. The predicted molar refractivity (Wildman–Crippen MR) is 53.1 cm³/mol. The molecule has 15 heavy (non-hydrogen) atoms. The molecule has 0 atom stereocenters. The fourth-order valence-corrected chi connectivity index (χ4v) is 1.03. The number of nitrogens with one attached hydrogen (secondary N) is 1. The van der Waals surface area contributed by atoms with Crippen LogP contribution in [0.3, 0.4) is 0 Å². The van der Waals surface area contributed by atoms with Crippen molar-refractivity contribution in [3.63, 3.8) is 0 Å². The highest BCUT2D eigenvalue weighted by Crippen LogP contribution is 2.04. The minimum absolute atomic E-state index is 0.495. The molecule has 0 aliphatic rings. The molecular formula is C9H11N5O. The van der Waals surface area contributed by atoms with Gasteiger partial charge in [-0.25, -0.2) is 4.98 Å². The van der Waals surface area contributed by atoms with E-state index in [2.05, 4.69) is 25.7 Å². The van der Waals surface area contributed by atoms with Gasteiger partial charge >= 0.3 is 0 Å². The molecule has 1 N–H and O–H groups in total. The summed E-state index contributed by atoms with van der Waals surface area (Å²) in [5.41, 5.74) is 1.70. The van der Waals surface area contributed by atoms with E-state index in [1.807, 2.05) is 13.8 Å². The zero-order chi connectivity index (χ0) is 10.7. The third-order valence-corrected chi connectivity index (χ3v) is 2.00. The van der Waals surface area contributed by atoms with Gasteiger partial charge < -0.3 is 9.84 Å². The van der Waals surface area contributed by atoms with Crippen LogP contribution in [0.15, 0.2) is 16.8 Å². The van der Waals surface area contributed by atoms with Gasteiger partial charge in [-0.15, -0.1) is 5.10 Å². The molecule has 2 aromatic rings. The van der Waals surface area contributed by atoms with E-state index >= 15 is 0 Å². The van der Waals surface area contributed by atoms with Gasteiger partial charge in [0.25, 0.3) is 0 Å². The molecule has 0 radical (unpaired) electrons. The second kappa shape index (κ2) is 4.04. The Balaban J connectivity index is 2.02. The third-order valence-electron chi connectivity index (χ3n) is 2.00. The van der Waals surface area contributed by atoms with Crippen molar-refractivity contribution in [1.29, 1.82) is 0 Å².